The van der Waals surface area contributed by atoms with Crippen LogP contribution < -0.4 is 5.32 Å². The molecule has 84 valence electrons. The van der Waals surface area contributed by atoms with Crippen LogP contribution in [0.15, 0.2) is 30.6 Å². The van der Waals surface area contributed by atoms with Gasteiger partial charge >= 0.3 is 0 Å². The van der Waals surface area contributed by atoms with Gasteiger partial charge in [-0.05, 0) is 31.0 Å². The van der Waals surface area contributed by atoms with Crippen LogP contribution in [0.25, 0.3) is 0 Å². The van der Waals surface area contributed by atoms with Gasteiger partial charge in [0.05, 0.1) is 18.6 Å². The summed E-state index contributed by atoms with van der Waals surface area (Å²) in [5.74, 6) is 0. The number of aromatic amines is 1. The van der Waals surface area contributed by atoms with Crippen molar-refractivity contribution in [3.63, 3.8) is 0 Å². The molecule has 16 heavy (non-hydrogen) atoms. The monoisotopic (exact) mass is 215 g/mol. The summed E-state index contributed by atoms with van der Waals surface area (Å²) >= 11 is 0. The summed E-state index contributed by atoms with van der Waals surface area (Å²) in [7, 11) is 0. The molecule has 0 aliphatic rings. The first-order valence-electron chi connectivity index (χ1n) is 5.61. The second kappa shape index (κ2) is 4.84. The Labute approximate surface area is 95.9 Å². The topological polar surface area (TPSA) is 40.7 Å². The molecule has 0 fully saturated rings. The summed E-state index contributed by atoms with van der Waals surface area (Å²) in [5, 5.41) is 3.36. The Kier molecular flexibility index (Phi) is 3.25. The van der Waals surface area contributed by atoms with Crippen molar-refractivity contribution in [2.75, 3.05) is 5.32 Å². The SMILES string of the molecule is CCc1ccc(NCc2nc[nH]c2C)cc1. The standard InChI is InChI=1S/C13H17N3/c1-3-11-4-6-12(7-5-11)14-8-13-10(2)15-9-16-13/h4-7,9,14H,3,8H2,1-2H3,(H,15,16). The van der Waals surface area contributed by atoms with Gasteiger partial charge in [0.25, 0.3) is 0 Å². The molecule has 0 radical (unpaired) electrons. The second-order valence-corrected chi connectivity index (χ2v) is 3.88. The highest BCUT2D eigenvalue weighted by atomic mass is 14.9. The molecule has 1 heterocycles. The third-order valence-electron chi connectivity index (χ3n) is 2.76. The first-order valence-corrected chi connectivity index (χ1v) is 5.61. The zero-order valence-electron chi connectivity index (χ0n) is 9.75. The number of rotatable bonds is 4. The molecule has 0 bridgehead atoms. The quantitative estimate of drug-likeness (QED) is 0.823. The highest BCUT2D eigenvalue weighted by molar-refractivity contribution is 5.44. The molecule has 0 amide bonds. The Morgan fingerprint density at radius 3 is 2.56 bits per heavy atom. The molecule has 0 aliphatic heterocycles. The Morgan fingerprint density at radius 1 is 1.25 bits per heavy atom. The molecule has 0 spiro atoms. The van der Waals surface area contributed by atoms with Crippen LogP contribution in [0.1, 0.15) is 23.9 Å². The van der Waals surface area contributed by atoms with E-state index in [1.165, 1.54) is 5.56 Å². The van der Waals surface area contributed by atoms with E-state index in [0.29, 0.717) is 0 Å². The van der Waals surface area contributed by atoms with Gasteiger partial charge in [0, 0.05) is 11.4 Å². The lowest BCUT2D eigenvalue weighted by Crippen LogP contribution is -2.01. The molecule has 1 aromatic heterocycles. The summed E-state index contributed by atoms with van der Waals surface area (Å²) in [6, 6.07) is 8.53. The smallest absolute Gasteiger partial charge is 0.0925 e. The third kappa shape index (κ3) is 2.42. The van der Waals surface area contributed by atoms with Crippen LogP contribution in [-0.4, -0.2) is 9.97 Å². The maximum Gasteiger partial charge on any atom is 0.0925 e. The number of imidazole rings is 1. The number of aryl methyl sites for hydroxylation is 2. The van der Waals surface area contributed by atoms with Crippen LogP contribution in [0.4, 0.5) is 5.69 Å². The fourth-order valence-electron chi connectivity index (χ4n) is 1.61. The zero-order valence-corrected chi connectivity index (χ0v) is 9.75. The van der Waals surface area contributed by atoms with Gasteiger partial charge in [0.1, 0.15) is 0 Å². The fraction of sp³-hybridized carbons (Fsp3) is 0.308. The van der Waals surface area contributed by atoms with Crippen LogP contribution in [0, 0.1) is 6.92 Å². The number of anilines is 1. The van der Waals surface area contributed by atoms with Gasteiger partial charge in [-0.15, -0.1) is 0 Å². The highest BCUT2D eigenvalue weighted by Crippen LogP contribution is 2.11. The molecule has 2 aromatic rings. The molecule has 0 aliphatic carbocycles. The molecular weight excluding hydrogens is 198 g/mol. The minimum absolute atomic E-state index is 0.765. The van der Waals surface area contributed by atoms with E-state index in [9.17, 15) is 0 Å². The molecular formula is C13H17N3. The van der Waals surface area contributed by atoms with Crippen LogP contribution in [0.3, 0.4) is 0 Å². The van der Waals surface area contributed by atoms with E-state index < -0.39 is 0 Å². The van der Waals surface area contributed by atoms with E-state index in [4.69, 9.17) is 0 Å². The van der Waals surface area contributed by atoms with Gasteiger partial charge in [0.15, 0.2) is 0 Å². The van der Waals surface area contributed by atoms with Gasteiger partial charge in [0.2, 0.25) is 0 Å². The molecule has 2 N–H and O–H groups in total. The van der Waals surface area contributed by atoms with Crippen molar-refractivity contribution in [2.45, 2.75) is 26.8 Å². The van der Waals surface area contributed by atoms with Gasteiger partial charge < -0.3 is 10.3 Å². The molecule has 0 atom stereocenters. The first kappa shape index (κ1) is 10.7. The second-order valence-electron chi connectivity index (χ2n) is 3.88. The van der Waals surface area contributed by atoms with Crippen molar-refractivity contribution in [3.05, 3.63) is 47.5 Å². The maximum atomic E-state index is 4.25. The lowest BCUT2D eigenvalue weighted by Gasteiger charge is -2.06. The van der Waals surface area contributed by atoms with Gasteiger partial charge in [-0.1, -0.05) is 19.1 Å². The Bertz CT molecular complexity index is 442. The predicted molar refractivity (Wildman–Crippen MR) is 66.5 cm³/mol. The van der Waals surface area contributed by atoms with Crippen LogP contribution >= 0.6 is 0 Å². The van der Waals surface area contributed by atoms with Crippen molar-refractivity contribution >= 4 is 5.69 Å². The van der Waals surface area contributed by atoms with E-state index >= 15 is 0 Å². The number of hydrogen-bond donors (Lipinski definition) is 2. The maximum absolute atomic E-state index is 4.25. The molecule has 0 saturated carbocycles. The van der Waals surface area contributed by atoms with Crippen LogP contribution in [0.2, 0.25) is 0 Å². The average molecular weight is 215 g/mol. The largest absolute Gasteiger partial charge is 0.379 e. The number of nitrogens with one attached hydrogen (secondary N) is 2. The van der Waals surface area contributed by atoms with E-state index in [1.54, 1.807) is 6.33 Å². The third-order valence-corrected chi connectivity index (χ3v) is 2.76. The first-order chi connectivity index (χ1) is 7.79. The average Bonchev–Trinajstić information content (AvgIpc) is 2.73. The van der Waals surface area contributed by atoms with E-state index in [1.807, 2.05) is 6.92 Å². The van der Waals surface area contributed by atoms with Crippen molar-refractivity contribution in [1.82, 2.24) is 9.97 Å². The van der Waals surface area contributed by atoms with Gasteiger partial charge in [-0.2, -0.15) is 0 Å². The lowest BCUT2D eigenvalue weighted by atomic mass is 10.1. The Morgan fingerprint density at radius 2 is 2.00 bits per heavy atom. The summed E-state index contributed by atoms with van der Waals surface area (Å²) < 4.78 is 0. The molecule has 2 rings (SSSR count). The molecule has 3 nitrogen and oxygen atoms in total. The minimum Gasteiger partial charge on any atom is -0.379 e. The Balaban J connectivity index is 1.97. The van der Waals surface area contributed by atoms with Crippen LogP contribution in [-0.2, 0) is 13.0 Å². The van der Waals surface area contributed by atoms with E-state index in [0.717, 1.165) is 30.0 Å². The number of aromatic nitrogens is 2. The predicted octanol–water partition coefficient (Wildman–Crippen LogP) is 2.89. The number of benzene rings is 1. The lowest BCUT2D eigenvalue weighted by molar-refractivity contribution is 1.05. The van der Waals surface area contributed by atoms with E-state index in [2.05, 4.69) is 46.5 Å². The van der Waals surface area contributed by atoms with Crippen molar-refractivity contribution < 1.29 is 0 Å². The summed E-state index contributed by atoms with van der Waals surface area (Å²) in [6.45, 7) is 4.96. The zero-order chi connectivity index (χ0) is 11.4. The number of hydrogen-bond acceptors (Lipinski definition) is 2. The Hall–Kier alpha value is -1.77. The normalized spacial score (nSPS) is 10.4. The summed E-state index contributed by atoms with van der Waals surface area (Å²) in [5.41, 5.74) is 4.69. The molecule has 3 heteroatoms. The summed E-state index contributed by atoms with van der Waals surface area (Å²) in [6.07, 6.45) is 2.81. The van der Waals surface area contributed by atoms with E-state index in [-0.39, 0.29) is 0 Å². The molecule has 1 aromatic carbocycles. The number of nitrogens with zero attached hydrogens (tertiary/aromatic N) is 1. The van der Waals surface area contributed by atoms with Crippen LogP contribution in [0.5, 0.6) is 0 Å². The summed E-state index contributed by atoms with van der Waals surface area (Å²) in [4.78, 5) is 7.32. The van der Waals surface area contributed by atoms with Crippen molar-refractivity contribution in [3.8, 4) is 0 Å². The molecule has 0 saturated heterocycles. The number of H-pyrrole nitrogens is 1. The van der Waals surface area contributed by atoms with Crippen molar-refractivity contribution in [1.29, 1.82) is 0 Å². The highest BCUT2D eigenvalue weighted by Gasteiger charge is 2.00. The molecule has 0 unspecified atom stereocenters. The van der Waals surface area contributed by atoms with Gasteiger partial charge in [-0.25, -0.2) is 4.98 Å². The van der Waals surface area contributed by atoms with Crippen molar-refractivity contribution in [2.24, 2.45) is 0 Å². The minimum atomic E-state index is 0.765. The van der Waals surface area contributed by atoms with Gasteiger partial charge in [-0.3, -0.25) is 0 Å². The fourth-order valence-corrected chi connectivity index (χ4v) is 1.61.